The Bertz CT molecular complexity index is 343. The van der Waals surface area contributed by atoms with Crippen LogP contribution in [0.25, 0.3) is 0 Å². The number of hydrogen-bond donors (Lipinski definition) is 2. The van der Waals surface area contributed by atoms with Gasteiger partial charge in [-0.25, -0.2) is 5.10 Å². The van der Waals surface area contributed by atoms with Crippen LogP contribution in [0, 0.1) is 10.1 Å². The zero-order valence-corrected chi connectivity index (χ0v) is 5.27. The summed E-state index contributed by atoms with van der Waals surface area (Å²) in [5.41, 5.74) is 3.30. The minimum Gasteiger partial charge on any atom is -0.392 e. The number of hydrogen-bond acceptors (Lipinski definition) is 5. The van der Waals surface area contributed by atoms with Crippen molar-refractivity contribution < 1.29 is 4.92 Å². The molecule has 0 aliphatic rings. The number of aromatic nitrogens is 2. The average Bonchev–Trinajstić information content (AvgIpc) is 1.85. The minimum absolute atomic E-state index is 0.237. The van der Waals surface area contributed by atoms with Crippen molar-refractivity contribution in [1.29, 1.82) is 0 Å². The Kier molecular flexibility index (Phi) is 1.55. The van der Waals surface area contributed by atoms with Crippen LogP contribution in [0.15, 0.2) is 11.0 Å². The standard InChI is InChI=1S/C4H4N4O3/c5-2-1-6-7-4(9)3(2)8(10)11/h1H,(H3,5,7,9). The molecule has 0 aliphatic carbocycles. The lowest BCUT2D eigenvalue weighted by Gasteiger charge is -1.91. The smallest absolute Gasteiger partial charge is 0.359 e. The van der Waals surface area contributed by atoms with Crippen molar-refractivity contribution in [2.45, 2.75) is 0 Å². The van der Waals surface area contributed by atoms with Gasteiger partial charge in [-0.2, -0.15) is 5.10 Å². The molecule has 0 aromatic carbocycles. The molecule has 1 aromatic heterocycles. The van der Waals surface area contributed by atoms with Crippen molar-refractivity contribution in [3.8, 4) is 0 Å². The van der Waals surface area contributed by atoms with Gasteiger partial charge in [-0.3, -0.25) is 14.9 Å². The second-order valence-corrected chi connectivity index (χ2v) is 1.76. The maximum atomic E-state index is 10.6. The van der Waals surface area contributed by atoms with E-state index in [0.717, 1.165) is 6.20 Å². The highest BCUT2D eigenvalue weighted by Gasteiger charge is 2.16. The zero-order valence-electron chi connectivity index (χ0n) is 5.27. The normalized spacial score (nSPS) is 9.45. The molecule has 7 nitrogen and oxygen atoms in total. The van der Waals surface area contributed by atoms with Crippen LogP contribution in [0.3, 0.4) is 0 Å². The van der Waals surface area contributed by atoms with Crippen molar-refractivity contribution >= 4 is 11.4 Å². The summed E-state index contributed by atoms with van der Waals surface area (Å²) in [6, 6.07) is 0. The SMILES string of the molecule is Nc1cn[nH]c(=O)c1[N+](=O)[O-]. The predicted molar refractivity (Wildman–Crippen MR) is 35.9 cm³/mol. The van der Waals surface area contributed by atoms with Gasteiger partial charge in [0.1, 0.15) is 5.69 Å². The summed E-state index contributed by atoms with van der Waals surface area (Å²) < 4.78 is 0. The second-order valence-electron chi connectivity index (χ2n) is 1.76. The van der Waals surface area contributed by atoms with Gasteiger partial charge in [0.15, 0.2) is 0 Å². The van der Waals surface area contributed by atoms with Gasteiger partial charge < -0.3 is 5.73 Å². The van der Waals surface area contributed by atoms with E-state index in [1.54, 1.807) is 0 Å². The summed E-state index contributed by atoms with van der Waals surface area (Å²) in [6.45, 7) is 0. The van der Waals surface area contributed by atoms with E-state index in [0.29, 0.717) is 0 Å². The van der Waals surface area contributed by atoms with E-state index >= 15 is 0 Å². The van der Waals surface area contributed by atoms with Gasteiger partial charge in [-0.15, -0.1) is 0 Å². The first-order valence-corrected chi connectivity index (χ1v) is 2.60. The third kappa shape index (κ3) is 1.16. The van der Waals surface area contributed by atoms with E-state index in [1.165, 1.54) is 0 Å². The first-order valence-electron chi connectivity index (χ1n) is 2.60. The molecule has 0 fully saturated rings. The Hall–Kier alpha value is -1.92. The van der Waals surface area contributed by atoms with Gasteiger partial charge in [0.05, 0.1) is 11.1 Å². The highest BCUT2D eigenvalue weighted by atomic mass is 16.6. The number of anilines is 1. The Morgan fingerprint density at radius 1 is 1.73 bits per heavy atom. The summed E-state index contributed by atoms with van der Waals surface area (Å²) in [6.07, 6.45) is 1.01. The fourth-order valence-corrected chi connectivity index (χ4v) is 0.594. The third-order valence-corrected chi connectivity index (χ3v) is 1.04. The van der Waals surface area contributed by atoms with Gasteiger partial charge >= 0.3 is 11.2 Å². The first kappa shape index (κ1) is 7.19. The van der Waals surface area contributed by atoms with E-state index in [1.807, 2.05) is 5.10 Å². The topological polar surface area (TPSA) is 115 Å². The van der Waals surface area contributed by atoms with Crippen molar-refractivity contribution in [2.24, 2.45) is 0 Å². The van der Waals surface area contributed by atoms with Crippen LogP contribution in [0.2, 0.25) is 0 Å². The molecule has 0 spiro atoms. The molecular formula is C4H4N4O3. The monoisotopic (exact) mass is 156 g/mol. The van der Waals surface area contributed by atoms with E-state index in [-0.39, 0.29) is 5.69 Å². The third-order valence-electron chi connectivity index (χ3n) is 1.04. The van der Waals surface area contributed by atoms with Gasteiger partial charge in [-0.05, 0) is 0 Å². The molecule has 7 heteroatoms. The number of nitrogen functional groups attached to an aromatic ring is 1. The molecule has 0 saturated heterocycles. The number of nitro groups is 1. The Labute approximate surface area is 60.0 Å². The fraction of sp³-hybridized carbons (Fsp3) is 0. The highest BCUT2D eigenvalue weighted by Crippen LogP contribution is 2.10. The van der Waals surface area contributed by atoms with E-state index < -0.39 is 16.2 Å². The number of rotatable bonds is 1. The van der Waals surface area contributed by atoms with Gasteiger partial charge in [0.2, 0.25) is 0 Å². The maximum absolute atomic E-state index is 10.6. The van der Waals surface area contributed by atoms with Crippen LogP contribution in [0.4, 0.5) is 11.4 Å². The van der Waals surface area contributed by atoms with Crippen molar-refractivity contribution in [3.05, 3.63) is 26.7 Å². The maximum Gasteiger partial charge on any atom is 0.359 e. The molecule has 1 rings (SSSR count). The second kappa shape index (κ2) is 2.37. The molecule has 58 valence electrons. The molecule has 0 bridgehead atoms. The van der Waals surface area contributed by atoms with Crippen LogP contribution < -0.4 is 11.3 Å². The largest absolute Gasteiger partial charge is 0.392 e. The average molecular weight is 156 g/mol. The number of nitrogens with two attached hydrogens (primary N) is 1. The molecule has 0 aliphatic heterocycles. The zero-order chi connectivity index (χ0) is 8.43. The van der Waals surface area contributed by atoms with Gasteiger partial charge in [-0.1, -0.05) is 0 Å². The minimum atomic E-state index is -0.894. The Morgan fingerprint density at radius 3 is 2.73 bits per heavy atom. The van der Waals surface area contributed by atoms with Crippen LogP contribution in [-0.2, 0) is 0 Å². The molecule has 0 unspecified atom stereocenters. The number of aromatic amines is 1. The Morgan fingerprint density at radius 2 is 2.36 bits per heavy atom. The summed E-state index contributed by atoms with van der Waals surface area (Å²) >= 11 is 0. The quantitative estimate of drug-likeness (QED) is 0.410. The summed E-state index contributed by atoms with van der Waals surface area (Å²) in [5, 5.41) is 15.3. The molecule has 0 saturated carbocycles. The van der Waals surface area contributed by atoms with Gasteiger partial charge in [0.25, 0.3) is 0 Å². The first-order chi connectivity index (χ1) is 5.13. The lowest BCUT2D eigenvalue weighted by atomic mass is 10.4. The molecule has 0 radical (unpaired) electrons. The van der Waals surface area contributed by atoms with Crippen molar-refractivity contribution in [2.75, 3.05) is 5.73 Å². The van der Waals surface area contributed by atoms with Crippen molar-refractivity contribution in [1.82, 2.24) is 10.2 Å². The van der Waals surface area contributed by atoms with E-state index in [9.17, 15) is 14.9 Å². The fourth-order valence-electron chi connectivity index (χ4n) is 0.594. The van der Waals surface area contributed by atoms with Crippen LogP contribution >= 0.6 is 0 Å². The molecule has 1 heterocycles. The molecule has 0 atom stereocenters. The summed E-state index contributed by atoms with van der Waals surface area (Å²) in [5.74, 6) is 0. The van der Waals surface area contributed by atoms with E-state index in [4.69, 9.17) is 5.73 Å². The summed E-state index contributed by atoms with van der Waals surface area (Å²) in [4.78, 5) is 19.9. The number of H-pyrrole nitrogens is 1. The lowest BCUT2D eigenvalue weighted by molar-refractivity contribution is -0.385. The van der Waals surface area contributed by atoms with Crippen LogP contribution in [0.5, 0.6) is 0 Å². The molecule has 3 N–H and O–H groups in total. The van der Waals surface area contributed by atoms with E-state index in [2.05, 4.69) is 5.10 Å². The van der Waals surface area contributed by atoms with Crippen molar-refractivity contribution in [3.63, 3.8) is 0 Å². The molecular weight excluding hydrogens is 152 g/mol. The Balaban J connectivity index is 3.45. The number of nitrogens with one attached hydrogen (secondary N) is 1. The molecule has 0 amide bonds. The lowest BCUT2D eigenvalue weighted by Crippen LogP contribution is -2.14. The highest BCUT2D eigenvalue weighted by molar-refractivity contribution is 5.53. The molecule has 11 heavy (non-hydrogen) atoms. The van der Waals surface area contributed by atoms with Crippen LogP contribution in [-0.4, -0.2) is 15.1 Å². The molecule has 1 aromatic rings. The predicted octanol–water partition coefficient (Wildman–Crippen LogP) is -0.740. The van der Waals surface area contributed by atoms with Crippen LogP contribution in [0.1, 0.15) is 0 Å². The number of nitrogens with zero attached hydrogens (tertiary/aromatic N) is 2. The van der Waals surface area contributed by atoms with Gasteiger partial charge in [0, 0.05) is 0 Å². The summed E-state index contributed by atoms with van der Waals surface area (Å²) in [7, 11) is 0.